The Bertz CT molecular complexity index is 1540. The van der Waals surface area contributed by atoms with Gasteiger partial charge in [-0.2, -0.15) is 13.8 Å². The third-order valence-corrected chi connectivity index (χ3v) is 11.0. The van der Waals surface area contributed by atoms with E-state index >= 15 is 0 Å². The minimum atomic E-state index is -3.60. The highest BCUT2D eigenvalue weighted by atomic mass is 35.5. The lowest BCUT2D eigenvalue weighted by molar-refractivity contribution is -0.0493. The zero-order valence-corrected chi connectivity index (χ0v) is 26.1. The van der Waals surface area contributed by atoms with Crippen molar-refractivity contribution in [2.24, 2.45) is 5.41 Å². The fourth-order valence-electron chi connectivity index (χ4n) is 5.67. The summed E-state index contributed by atoms with van der Waals surface area (Å²) in [6.07, 6.45) is 5.87. The molecule has 1 aromatic heterocycles. The highest BCUT2D eigenvalue weighted by Crippen LogP contribution is 2.43. The molecule has 2 N–H and O–H groups in total. The topological polar surface area (TPSA) is 99.7 Å². The highest BCUT2D eigenvalue weighted by molar-refractivity contribution is 7.92. The molecule has 0 atom stereocenters. The van der Waals surface area contributed by atoms with Crippen molar-refractivity contribution >= 4 is 50.3 Å². The Kier molecular flexibility index (Phi) is 9.29. The number of benzene rings is 2. The van der Waals surface area contributed by atoms with Crippen molar-refractivity contribution < 1.29 is 21.9 Å². The standard InChI is InChI=1S/C30H37ClF2N6O3S/c1-20(2)43(40,41)26-7-5-4-6-24(26)35-27-22(31)19-34-29(37-27)36-23-9-8-21(18-25(23)42-28(32)33)39-16-12-30(13-17-39)10-14-38(3)15-11-30/h4-9,18-20,28H,10-17H2,1-3H3,(H2,34,35,36,37). The van der Waals surface area contributed by atoms with Crippen LogP contribution in [-0.2, 0) is 9.84 Å². The van der Waals surface area contributed by atoms with Gasteiger partial charge in [0.2, 0.25) is 5.95 Å². The maximum atomic E-state index is 13.5. The smallest absolute Gasteiger partial charge is 0.387 e. The van der Waals surface area contributed by atoms with Gasteiger partial charge in [-0.25, -0.2) is 13.4 Å². The second-order valence-corrected chi connectivity index (χ2v) is 14.5. The van der Waals surface area contributed by atoms with E-state index in [9.17, 15) is 17.2 Å². The lowest BCUT2D eigenvalue weighted by atomic mass is 9.71. The summed E-state index contributed by atoms with van der Waals surface area (Å²) in [4.78, 5) is 13.3. The van der Waals surface area contributed by atoms with Gasteiger partial charge in [0.15, 0.2) is 21.4 Å². The summed E-state index contributed by atoms with van der Waals surface area (Å²) in [6, 6.07) is 11.6. The number of anilines is 5. The van der Waals surface area contributed by atoms with Gasteiger partial charge in [-0.15, -0.1) is 0 Å². The van der Waals surface area contributed by atoms with Crippen LogP contribution in [0.4, 0.5) is 37.6 Å². The van der Waals surface area contributed by atoms with Crippen LogP contribution in [0.2, 0.25) is 5.02 Å². The van der Waals surface area contributed by atoms with E-state index in [2.05, 4.69) is 37.4 Å². The van der Waals surface area contributed by atoms with Gasteiger partial charge in [-0.1, -0.05) is 23.7 Å². The van der Waals surface area contributed by atoms with Crippen LogP contribution in [0, 0.1) is 5.41 Å². The third kappa shape index (κ3) is 7.13. The van der Waals surface area contributed by atoms with E-state index in [-0.39, 0.29) is 33.1 Å². The number of piperidine rings is 2. The molecule has 0 unspecified atom stereocenters. The van der Waals surface area contributed by atoms with E-state index in [0.29, 0.717) is 11.1 Å². The molecule has 232 valence electrons. The molecular weight excluding hydrogens is 598 g/mol. The number of ether oxygens (including phenoxy) is 1. The van der Waals surface area contributed by atoms with Crippen LogP contribution in [0.25, 0.3) is 0 Å². The SMILES string of the molecule is CC(C)S(=O)(=O)c1ccccc1Nc1nc(Nc2ccc(N3CCC4(CCN(C)CC4)CC3)cc2OC(F)F)ncc1Cl. The second kappa shape index (κ2) is 12.8. The number of hydrogen-bond acceptors (Lipinski definition) is 9. The number of nitrogens with one attached hydrogen (secondary N) is 2. The van der Waals surface area contributed by atoms with E-state index in [4.69, 9.17) is 16.3 Å². The van der Waals surface area contributed by atoms with Crippen molar-refractivity contribution in [2.45, 2.75) is 56.3 Å². The zero-order chi connectivity index (χ0) is 30.8. The van der Waals surface area contributed by atoms with Crippen molar-refractivity contribution in [2.75, 3.05) is 48.8 Å². The lowest BCUT2D eigenvalue weighted by Crippen LogP contribution is -2.46. The summed E-state index contributed by atoms with van der Waals surface area (Å²) in [5.74, 6) is 0.174. The Morgan fingerprint density at radius 1 is 0.977 bits per heavy atom. The van der Waals surface area contributed by atoms with E-state index in [1.54, 1.807) is 44.2 Å². The molecule has 3 aromatic rings. The molecule has 0 aliphatic carbocycles. The number of alkyl halides is 2. The summed E-state index contributed by atoms with van der Waals surface area (Å²) in [6.45, 7) is 4.12. The molecule has 2 aliphatic rings. The van der Waals surface area contributed by atoms with Crippen LogP contribution in [0.5, 0.6) is 5.75 Å². The molecule has 1 spiro atoms. The molecule has 9 nitrogen and oxygen atoms in total. The highest BCUT2D eigenvalue weighted by Gasteiger charge is 2.37. The number of aromatic nitrogens is 2. The summed E-state index contributed by atoms with van der Waals surface area (Å²) < 4.78 is 57.6. The van der Waals surface area contributed by atoms with Crippen molar-refractivity contribution in [1.29, 1.82) is 0 Å². The van der Waals surface area contributed by atoms with Gasteiger partial charge in [-0.3, -0.25) is 0 Å². The molecule has 43 heavy (non-hydrogen) atoms. The lowest BCUT2D eigenvalue weighted by Gasteiger charge is -2.47. The molecule has 3 heterocycles. The Balaban J connectivity index is 1.35. The molecule has 0 bridgehead atoms. The van der Waals surface area contributed by atoms with Gasteiger partial charge in [0.1, 0.15) is 5.02 Å². The largest absolute Gasteiger partial charge is 0.433 e. The summed E-state index contributed by atoms with van der Waals surface area (Å²) in [5, 5.41) is 5.46. The van der Waals surface area contributed by atoms with Gasteiger partial charge in [0.05, 0.1) is 27.7 Å². The second-order valence-electron chi connectivity index (χ2n) is 11.6. The third-order valence-electron chi connectivity index (χ3n) is 8.48. The van der Waals surface area contributed by atoms with Crippen LogP contribution < -0.4 is 20.3 Å². The Morgan fingerprint density at radius 2 is 1.65 bits per heavy atom. The van der Waals surface area contributed by atoms with E-state index < -0.39 is 21.7 Å². The van der Waals surface area contributed by atoms with Gasteiger partial charge in [0.25, 0.3) is 0 Å². The number of hydrogen-bond donors (Lipinski definition) is 2. The van der Waals surface area contributed by atoms with Crippen LogP contribution in [0.1, 0.15) is 39.5 Å². The van der Waals surface area contributed by atoms with Crippen LogP contribution >= 0.6 is 11.6 Å². The summed E-state index contributed by atoms with van der Waals surface area (Å²) in [5.41, 5.74) is 1.73. The van der Waals surface area contributed by atoms with Crippen molar-refractivity contribution in [3.8, 4) is 5.75 Å². The molecule has 13 heteroatoms. The first-order chi connectivity index (χ1) is 20.5. The van der Waals surface area contributed by atoms with Gasteiger partial charge >= 0.3 is 6.61 Å². The Morgan fingerprint density at radius 3 is 2.33 bits per heavy atom. The summed E-state index contributed by atoms with van der Waals surface area (Å²) >= 11 is 6.35. The first-order valence-corrected chi connectivity index (χ1v) is 16.3. The number of sulfone groups is 1. The van der Waals surface area contributed by atoms with E-state index in [1.165, 1.54) is 25.1 Å². The molecule has 2 aromatic carbocycles. The molecule has 2 fully saturated rings. The fourth-order valence-corrected chi connectivity index (χ4v) is 7.01. The van der Waals surface area contributed by atoms with E-state index in [0.717, 1.165) is 44.7 Å². The predicted molar refractivity (Wildman–Crippen MR) is 166 cm³/mol. The average molecular weight is 635 g/mol. The minimum Gasteiger partial charge on any atom is -0.433 e. The average Bonchev–Trinajstić information content (AvgIpc) is 2.98. The molecule has 5 rings (SSSR count). The van der Waals surface area contributed by atoms with Crippen LogP contribution in [0.15, 0.2) is 53.6 Å². The predicted octanol–water partition coefficient (Wildman–Crippen LogP) is 6.71. The Hall–Kier alpha value is -3.22. The van der Waals surface area contributed by atoms with Crippen molar-refractivity contribution in [1.82, 2.24) is 14.9 Å². The first kappa shape index (κ1) is 31.2. The zero-order valence-electron chi connectivity index (χ0n) is 24.5. The number of halogens is 3. The minimum absolute atomic E-state index is 0.0338. The quantitative estimate of drug-likeness (QED) is 0.266. The van der Waals surface area contributed by atoms with Crippen LogP contribution in [0.3, 0.4) is 0 Å². The number of nitrogens with zero attached hydrogens (tertiary/aromatic N) is 4. The van der Waals surface area contributed by atoms with Crippen molar-refractivity contribution in [3.63, 3.8) is 0 Å². The maximum absolute atomic E-state index is 13.5. The maximum Gasteiger partial charge on any atom is 0.387 e. The molecule has 0 saturated carbocycles. The molecular formula is C30H37ClF2N6O3S. The van der Waals surface area contributed by atoms with Gasteiger partial charge in [0, 0.05) is 24.8 Å². The normalized spacial score (nSPS) is 17.4. The van der Waals surface area contributed by atoms with E-state index in [1.807, 2.05) is 6.07 Å². The number of para-hydroxylation sites is 1. The van der Waals surface area contributed by atoms with Crippen LogP contribution in [-0.4, -0.2) is 68.4 Å². The number of likely N-dealkylation sites (tertiary alicyclic amines) is 1. The van der Waals surface area contributed by atoms with Gasteiger partial charge in [-0.05, 0) is 89.3 Å². The number of rotatable bonds is 9. The molecule has 2 aliphatic heterocycles. The Labute approximate surface area is 256 Å². The fraction of sp³-hybridized carbons (Fsp3) is 0.467. The first-order valence-electron chi connectivity index (χ1n) is 14.4. The van der Waals surface area contributed by atoms with Gasteiger partial charge < -0.3 is 25.2 Å². The molecule has 0 radical (unpaired) electrons. The van der Waals surface area contributed by atoms with Crippen molar-refractivity contribution in [3.05, 3.63) is 53.7 Å². The molecule has 2 saturated heterocycles. The molecule has 0 amide bonds. The monoisotopic (exact) mass is 634 g/mol. The summed E-state index contributed by atoms with van der Waals surface area (Å²) in [7, 11) is -1.44.